The second-order valence-electron chi connectivity index (χ2n) is 17.0. The molecule has 4 heterocycles. The number of rotatable bonds is 15. The zero-order chi connectivity index (χ0) is 45.6. The molecule has 65 heavy (non-hydrogen) atoms. The van der Waals surface area contributed by atoms with Gasteiger partial charge in [-0.3, -0.25) is 9.59 Å². The Morgan fingerprint density at radius 1 is 0.538 bits per heavy atom. The number of carbonyl (C=O) groups excluding carboxylic acids is 2. The van der Waals surface area contributed by atoms with Gasteiger partial charge in [-0.05, 0) is 134 Å². The fraction of sp³-hybridized carbons (Fsp3) is 0.370. The van der Waals surface area contributed by atoms with Gasteiger partial charge in [0.05, 0.1) is 10.8 Å². The summed E-state index contributed by atoms with van der Waals surface area (Å²) < 4.78 is 0. The van der Waals surface area contributed by atoms with Crippen LogP contribution < -0.4 is 20.9 Å². The maximum absolute atomic E-state index is 13.5. The van der Waals surface area contributed by atoms with E-state index in [4.69, 9.17) is 11.6 Å². The Balaban J connectivity index is 0.000000190. The zero-order valence-corrected chi connectivity index (χ0v) is 38.9. The van der Waals surface area contributed by atoms with E-state index in [1.54, 1.807) is 30.9 Å². The molecule has 0 atom stereocenters. The van der Waals surface area contributed by atoms with Gasteiger partial charge in [0.25, 0.3) is 0 Å². The summed E-state index contributed by atoms with van der Waals surface area (Å²) in [5.41, 5.74) is 7.02. The van der Waals surface area contributed by atoms with Crippen LogP contribution in [0.3, 0.4) is 0 Å². The Hall–Kier alpha value is -5.97. The summed E-state index contributed by atoms with van der Waals surface area (Å²) in [5.74, 6) is 1.13. The van der Waals surface area contributed by atoms with E-state index in [9.17, 15) is 9.59 Å². The van der Waals surface area contributed by atoms with Gasteiger partial charge >= 0.3 is 0 Å². The average molecular weight is 894 g/mol. The van der Waals surface area contributed by atoms with Crippen molar-refractivity contribution < 1.29 is 9.59 Å². The third-order valence-corrected chi connectivity index (χ3v) is 12.8. The van der Waals surface area contributed by atoms with Crippen molar-refractivity contribution in [2.75, 3.05) is 44.2 Å². The monoisotopic (exact) mass is 892 g/mol. The van der Waals surface area contributed by atoms with E-state index in [0.717, 1.165) is 96.3 Å². The minimum atomic E-state index is -0.404. The number of hydrogen-bond donors (Lipinski definition) is 3. The van der Waals surface area contributed by atoms with E-state index < -0.39 is 5.41 Å². The van der Waals surface area contributed by atoms with Crippen molar-refractivity contribution in [1.29, 1.82) is 0 Å². The molecule has 0 saturated carbocycles. The standard InChI is InChI=1S/C27H32N4O.C23H30N2O.C4H3ClN2/c1-2-22-9-11-23(12-10-22)13-18-28-25(32)27(21-24-7-4-3-5-8-24)14-19-31(20-15-27)26-29-16-6-17-30-26;1-2-19-8-10-20(11-9-19)12-15-25-22(26)23(13-16-24-17-14-23)18-21-6-4-3-5-7-21;5-4-6-2-1-3-7-4/h3-12,16-17H,2,13-15,18-21H2,1H3,(H,28,32);3-11,24H,2,12-18H2,1H3,(H,25,26);1-3H. The average Bonchev–Trinajstić information content (AvgIpc) is 3.36. The van der Waals surface area contributed by atoms with Gasteiger partial charge in [-0.25, -0.2) is 19.9 Å². The van der Waals surface area contributed by atoms with Gasteiger partial charge in [-0.2, -0.15) is 0 Å². The lowest BCUT2D eigenvalue weighted by Crippen LogP contribution is -2.50. The topological polar surface area (TPSA) is 125 Å². The van der Waals surface area contributed by atoms with Crippen LogP contribution in [0.5, 0.6) is 0 Å². The van der Waals surface area contributed by atoms with Crippen molar-refractivity contribution in [3.8, 4) is 0 Å². The van der Waals surface area contributed by atoms with Crippen molar-refractivity contribution in [2.24, 2.45) is 10.8 Å². The van der Waals surface area contributed by atoms with Gasteiger partial charge in [-0.15, -0.1) is 0 Å². The minimum Gasteiger partial charge on any atom is -0.355 e. The number of nitrogens with zero attached hydrogens (tertiary/aromatic N) is 5. The predicted octanol–water partition coefficient (Wildman–Crippen LogP) is 8.88. The highest BCUT2D eigenvalue weighted by atomic mass is 35.5. The Morgan fingerprint density at radius 3 is 1.34 bits per heavy atom. The highest BCUT2D eigenvalue weighted by Gasteiger charge is 2.42. The van der Waals surface area contributed by atoms with Gasteiger partial charge < -0.3 is 20.9 Å². The van der Waals surface area contributed by atoms with Crippen molar-refractivity contribution >= 4 is 29.4 Å². The molecule has 2 fully saturated rings. The first-order valence-electron chi connectivity index (χ1n) is 23.2. The van der Waals surface area contributed by atoms with E-state index in [1.807, 2.05) is 30.3 Å². The van der Waals surface area contributed by atoms with Gasteiger partial charge in [0, 0.05) is 51.0 Å². The molecule has 2 aliphatic rings. The first-order chi connectivity index (χ1) is 31.8. The zero-order valence-electron chi connectivity index (χ0n) is 38.1. The SMILES string of the molecule is CCc1ccc(CCNC(=O)C2(Cc3ccccc3)CCN(c3ncccn3)CC2)cc1.CCc1ccc(CCNC(=O)C2(Cc3ccccc3)CCNCC2)cc1.Clc1ncccn1. The second kappa shape index (κ2) is 25.5. The highest BCUT2D eigenvalue weighted by Crippen LogP contribution is 2.37. The van der Waals surface area contributed by atoms with Crippen LogP contribution in [0.25, 0.3) is 0 Å². The van der Waals surface area contributed by atoms with E-state index in [-0.39, 0.29) is 17.2 Å². The van der Waals surface area contributed by atoms with Gasteiger partial charge in [0.2, 0.25) is 23.0 Å². The number of carbonyl (C=O) groups is 2. The summed E-state index contributed by atoms with van der Waals surface area (Å²) in [6, 6.07) is 41.7. The molecule has 11 heteroatoms. The van der Waals surface area contributed by atoms with E-state index in [0.29, 0.717) is 18.4 Å². The molecule has 2 amide bonds. The van der Waals surface area contributed by atoms with Crippen molar-refractivity contribution in [3.05, 3.63) is 185 Å². The molecule has 0 aliphatic carbocycles. The molecule has 8 rings (SSSR count). The largest absolute Gasteiger partial charge is 0.355 e. The molecule has 0 spiro atoms. The molecule has 0 radical (unpaired) electrons. The molecular formula is C54H65ClN8O2. The van der Waals surface area contributed by atoms with Crippen LogP contribution in [0, 0.1) is 10.8 Å². The number of amides is 2. The lowest BCUT2D eigenvalue weighted by atomic mass is 9.73. The summed E-state index contributed by atoms with van der Waals surface area (Å²) in [5, 5.41) is 10.2. The van der Waals surface area contributed by atoms with Crippen LogP contribution in [-0.2, 0) is 48.1 Å². The summed E-state index contributed by atoms with van der Waals surface area (Å²) in [6.45, 7) is 9.08. The van der Waals surface area contributed by atoms with Crippen LogP contribution >= 0.6 is 11.6 Å². The molecule has 2 aromatic heterocycles. The molecule has 2 saturated heterocycles. The molecule has 4 aromatic carbocycles. The second-order valence-corrected chi connectivity index (χ2v) is 17.4. The summed E-state index contributed by atoms with van der Waals surface area (Å²) in [6.07, 6.45) is 15.5. The summed E-state index contributed by atoms with van der Waals surface area (Å²) in [7, 11) is 0. The normalized spacial score (nSPS) is 15.0. The fourth-order valence-electron chi connectivity index (χ4n) is 8.62. The van der Waals surface area contributed by atoms with Crippen LogP contribution in [0.2, 0.25) is 5.28 Å². The number of piperidine rings is 2. The quantitative estimate of drug-likeness (QED) is 0.0874. The van der Waals surface area contributed by atoms with E-state index >= 15 is 0 Å². The third-order valence-electron chi connectivity index (χ3n) is 12.6. The van der Waals surface area contributed by atoms with Crippen LogP contribution in [0.1, 0.15) is 72.9 Å². The van der Waals surface area contributed by atoms with Crippen molar-refractivity contribution in [3.63, 3.8) is 0 Å². The molecule has 6 aromatic rings. The van der Waals surface area contributed by atoms with Crippen molar-refractivity contribution in [2.45, 2.75) is 78.1 Å². The number of anilines is 1. The lowest BCUT2D eigenvalue weighted by molar-refractivity contribution is -0.133. The molecule has 0 bridgehead atoms. The van der Waals surface area contributed by atoms with Crippen LogP contribution in [0.4, 0.5) is 5.95 Å². The molecule has 10 nitrogen and oxygen atoms in total. The first-order valence-corrected chi connectivity index (χ1v) is 23.6. The van der Waals surface area contributed by atoms with Crippen molar-refractivity contribution in [1.82, 2.24) is 35.9 Å². The predicted molar refractivity (Wildman–Crippen MR) is 263 cm³/mol. The van der Waals surface area contributed by atoms with Gasteiger partial charge in [0.15, 0.2) is 0 Å². The Morgan fingerprint density at radius 2 is 0.938 bits per heavy atom. The number of aryl methyl sites for hydroxylation is 2. The van der Waals surface area contributed by atoms with E-state index in [2.05, 4.69) is 140 Å². The fourth-order valence-corrected chi connectivity index (χ4v) is 8.73. The number of benzene rings is 4. The van der Waals surface area contributed by atoms with Crippen LogP contribution in [-0.4, -0.2) is 71.0 Å². The minimum absolute atomic E-state index is 0.167. The first kappa shape index (κ1) is 48.5. The van der Waals surface area contributed by atoms with Gasteiger partial charge in [0.1, 0.15) is 0 Å². The molecule has 0 unspecified atom stereocenters. The number of hydrogen-bond acceptors (Lipinski definition) is 8. The lowest BCUT2D eigenvalue weighted by Gasteiger charge is -2.41. The molecule has 3 N–H and O–H groups in total. The highest BCUT2D eigenvalue weighted by molar-refractivity contribution is 6.28. The maximum atomic E-state index is 13.5. The molecular weight excluding hydrogens is 828 g/mol. The smallest absolute Gasteiger partial charge is 0.226 e. The number of nitrogens with one attached hydrogen (secondary N) is 3. The Labute approximate surface area is 391 Å². The third kappa shape index (κ3) is 15.0. The summed E-state index contributed by atoms with van der Waals surface area (Å²) >= 11 is 5.32. The Bertz CT molecular complexity index is 2270. The molecule has 340 valence electrons. The van der Waals surface area contributed by atoms with Crippen LogP contribution in [0.15, 0.2) is 146 Å². The molecule has 2 aliphatic heterocycles. The van der Waals surface area contributed by atoms with E-state index in [1.165, 1.54) is 33.4 Å². The Kier molecular flexibility index (Phi) is 19.0. The number of aromatic nitrogens is 4. The summed E-state index contributed by atoms with van der Waals surface area (Å²) in [4.78, 5) is 44.8. The number of halogens is 1. The van der Waals surface area contributed by atoms with Gasteiger partial charge in [-0.1, -0.05) is 123 Å². The maximum Gasteiger partial charge on any atom is 0.226 e.